The first-order valence-electron chi connectivity index (χ1n) is 6.40. The molecule has 0 radical (unpaired) electrons. The second-order valence-electron chi connectivity index (χ2n) is 4.52. The van der Waals surface area contributed by atoms with E-state index in [9.17, 15) is 0 Å². The monoisotopic (exact) mass is 300 g/mol. The fourth-order valence-corrected chi connectivity index (χ4v) is 2.60. The van der Waals surface area contributed by atoms with E-state index in [4.69, 9.17) is 10.4 Å². The Balaban J connectivity index is 2.11. The highest BCUT2D eigenvalue weighted by atomic mass is 32.2. The lowest BCUT2D eigenvalue weighted by atomic mass is 10.1. The van der Waals surface area contributed by atoms with Gasteiger partial charge >= 0.3 is 0 Å². The minimum atomic E-state index is 0.592. The average Bonchev–Trinajstić information content (AvgIpc) is 2.55. The van der Waals surface area contributed by atoms with Crippen LogP contribution in [0.4, 0.5) is 0 Å². The Hall–Kier alpha value is -2.27. The molecular formula is C16H16N2O2S. The summed E-state index contributed by atoms with van der Waals surface area (Å²) in [5.74, 6) is 0. The number of oxime groups is 2. The normalized spacial score (nSPS) is 12.5. The number of rotatable bonds is 4. The van der Waals surface area contributed by atoms with Gasteiger partial charge in [-0.25, -0.2) is 0 Å². The van der Waals surface area contributed by atoms with Gasteiger partial charge in [-0.1, -0.05) is 46.3 Å². The molecule has 2 rings (SSSR count). The third-order valence-corrected chi connectivity index (χ3v) is 4.10. The molecule has 0 heterocycles. The van der Waals surface area contributed by atoms with Crippen LogP contribution in [0.15, 0.2) is 68.6 Å². The highest BCUT2D eigenvalue weighted by Gasteiger charge is 2.02. The number of hydrogen-bond donors (Lipinski definition) is 2. The van der Waals surface area contributed by atoms with Crippen LogP contribution in [0, 0.1) is 0 Å². The van der Waals surface area contributed by atoms with Gasteiger partial charge in [-0.05, 0) is 49.2 Å². The van der Waals surface area contributed by atoms with Crippen LogP contribution in [0.3, 0.4) is 0 Å². The Morgan fingerprint density at radius 3 is 1.33 bits per heavy atom. The molecule has 0 bridgehead atoms. The Bertz CT molecular complexity index is 602. The molecule has 21 heavy (non-hydrogen) atoms. The van der Waals surface area contributed by atoms with Crippen LogP contribution in [0.2, 0.25) is 0 Å². The van der Waals surface area contributed by atoms with Gasteiger partial charge < -0.3 is 10.4 Å². The lowest BCUT2D eigenvalue weighted by molar-refractivity contribution is 0.319. The number of hydrogen-bond acceptors (Lipinski definition) is 5. The first kappa shape index (κ1) is 15.1. The minimum absolute atomic E-state index is 0.592. The summed E-state index contributed by atoms with van der Waals surface area (Å²) in [6.45, 7) is 3.51. The van der Waals surface area contributed by atoms with Crippen molar-refractivity contribution in [2.45, 2.75) is 23.6 Å². The molecule has 0 saturated heterocycles. The molecule has 0 atom stereocenters. The van der Waals surface area contributed by atoms with Crippen molar-refractivity contribution >= 4 is 23.2 Å². The molecule has 0 fully saturated rings. The molecule has 0 aromatic heterocycles. The minimum Gasteiger partial charge on any atom is -0.411 e. The molecule has 108 valence electrons. The van der Waals surface area contributed by atoms with Gasteiger partial charge in [0.2, 0.25) is 0 Å². The SMILES string of the molecule is C/C(=N\O)c1ccc(Sc2ccc(/C(C)=N/O)cc2)cc1. The Morgan fingerprint density at radius 1 is 0.714 bits per heavy atom. The van der Waals surface area contributed by atoms with Gasteiger partial charge in [-0.2, -0.15) is 0 Å². The van der Waals surface area contributed by atoms with Gasteiger partial charge in [-0.3, -0.25) is 0 Å². The molecule has 4 nitrogen and oxygen atoms in total. The third kappa shape index (κ3) is 3.86. The van der Waals surface area contributed by atoms with Crippen LogP contribution in [0.1, 0.15) is 25.0 Å². The molecule has 0 aliphatic heterocycles. The standard InChI is InChI=1S/C16H16N2O2S/c1-11(17-19)13-3-7-15(8-4-13)21-16-9-5-14(6-10-16)12(2)18-20/h3-10,19-20H,1-2H3/b17-11+,18-12+. The highest BCUT2D eigenvalue weighted by molar-refractivity contribution is 7.99. The van der Waals surface area contributed by atoms with Crippen LogP contribution in [0.5, 0.6) is 0 Å². The van der Waals surface area contributed by atoms with Crippen molar-refractivity contribution in [2.24, 2.45) is 10.3 Å². The quantitative estimate of drug-likeness (QED) is 0.504. The Labute approximate surface area is 127 Å². The summed E-state index contributed by atoms with van der Waals surface area (Å²) >= 11 is 1.64. The van der Waals surface area contributed by atoms with E-state index in [-0.39, 0.29) is 0 Å². The summed E-state index contributed by atoms with van der Waals surface area (Å²) in [6.07, 6.45) is 0. The van der Waals surface area contributed by atoms with E-state index in [1.807, 2.05) is 48.5 Å². The van der Waals surface area contributed by atoms with Gasteiger partial charge in [0.05, 0.1) is 11.4 Å². The van der Waals surface area contributed by atoms with E-state index < -0.39 is 0 Å². The molecule has 0 aliphatic rings. The molecule has 5 heteroatoms. The first-order chi connectivity index (χ1) is 10.1. The van der Waals surface area contributed by atoms with Crippen molar-refractivity contribution < 1.29 is 10.4 Å². The summed E-state index contributed by atoms with van der Waals surface area (Å²) in [4.78, 5) is 2.20. The molecule has 2 N–H and O–H groups in total. The smallest absolute Gasteiger partial charge is 0.0836 e. The second kappa shape index (κ2) is 6.95. The predicted molar refractivity (Wildman–Crippen MR) is 85.0 cm³/mol. The zero-order chi connectivity index (χ0) is 15.2. The lowest BCUT2D eigenvalue weighted by Gasteiger charge is -2.05. The molecule has 2 aromatic rings. The van der Waals surface area contributed by atoms with Gasteiger partial charge in [0, 0.05) is 9.79 Å². The summed E-state index contributed by atoms with van der Waals surface area (Å²) in [5, 5.41) is 23.8. The van der Waals surface area contributed by atoms with Crippen LogP contribution >= 0.6 is 11.8 Å². The zero-order valence-electron chi connectivity index (χ0n) is 11.8. The predicted octanol–water partition coefficient (Wildman–Crippen LogP) is 4.23. The fraction of sp³-hybridized carbons (Fsp3) is 0.125. The summed E-state index contributed by atoms with van der Waals surface area (Å²) < 4.78 is 0. The zero-order valence-corrected chi connectivity index (χ0v) is 12.6. The van der Waals surface area contributed by atoms with Crippen molar-refractivity contribution in [1.82, 2.24) is 0 Å². The fourth-order valence-electron chi connectivity index (χ4n) is 1.78. The summed E-state index contributed by atoms with van der Waals surface area (Å²) in [5.41, 5.74) is 2.98. The van der Waals surface area contributed by atoms with Gasteiger partial charge in [0.25, 0.3) is 0 Å². The van der Waals surface area contributed by atoms with Crippen molar-refractivity contribution in [2.75, 3.05) is 0 Å². The summed E-state index contributed by atoms with van der Waals surface area (Å²) in [7, 11) is 0. The van der Waals surface area contributed by atoms with E-state index in [1.165, 1.54) is 0 Å². The van der Waals surface area contributed by atoms with Crippen molar-refractivity contribution in [1.29, 1.82) is 0 Å². The average molecular weight is 300 g/mol. The molecular weight excluding hydrogens is 284 g/mol. The maximum atomic E-state index is 8.74. The molecule has 0 spiro atoms. The topological polar surface area (TPSA) is 65.2 Å². The Kier molecular flexibility index (Phi) is 5.00. The van der Waals surface area contributed by atoms with Gasteiger partial charge in [0.15, 0.2) is 0 Å². The van der Waals surface area contributed by atoms with Crippen LogP contribution in [-0.2, 0) is 0 Å². The molecule has 0 aliphatic carbocycles. The lowest BCUT2D eigenvalue weighted by Crippen LogP contribution is -1.94. The molecule has 2 aromatic carbocycles. The molecule has 0 unspecified atom stereocenters. The third-order valence-electron chi connectivity index (χ3n) is 3.08. The molecule has 0 saturated carbocycles. The maximum Gasteiger partial charge on any atom is 0.0836 e. The highest BCUT2D eigenvalue weighted by Crippen LogP contribution is 2.28. The van der Waals surface area contributed by atoms with Crippen LogP contribution in [0.25, 0.3) is 0 Å². The molecule has 0 amide bonds. The first-order valence-corrected chi connectivity index (χ1v) is 7.21. The van der Waals surface area contributed by atoms with Crippen molar-refractivity contribution in [3.8, 4) is 0 Å². The van der Waals surface area contributed by atoms with E-state index in [0.29, 0.717) is 11.4 Å². The van der Waals surface area contributed by atoms with Gasteiger partial charge in [-0.15, -0.1) is 0 Å². The van der Waals surface area contributed by atoms with Crippen molar-refractivity contribution in [3.05, 3.63) is 59.7 Å². The van der Waals surface area contributed by atoms with Crippen LogP contribution < -0.4 is 0 Å². The number of benzene rings is 2. The van der Waals surface area contributed by atoms with E-state index in [2.05, 4.69) is 10.3 Å². The maximum absolute atomic E-state index is 8.74. The summed E-state index contributed by atoms with van der Waals surface area (Å²) in [6, 6.07) is 15.7. The largest absolute Gasteiger partial charge is 0.411 e. The van der Waals surface area contributed by atoms with E-state index in [1.54, 1.807) is 25.6 Å². The van der Waals surface area contributed by atoms with Crippen molar-refractivity contribution in [3.63, 3.8) is 0 Å². The van der Waals surface area contributed by atoms with E-state index >= 15 is 0 Å². The van der Waals surface area contributed by atoms with E-state index in [0.717, 1.165) is 20.9 Å². The second-order valence-corrected chi connectivity index (χ2v) is 5.67. The Morgan fingerprint density at radius 2 is 1.05 bits per heavy atom. The number of nitrogens with zero attached hydrogens (tertiary/aromatic N) is 2. The van der Waals surface area contributed by atoms with Crippen LogP contribution in [-0.4, -0.2) is 21.8 Å². The van der Waals surface area contributed by atoms with Gasteiger partial charge in [0.1, 0.15) is 0 Å².